The summed E-state index contributed by atoms with van der Waals surface area (Å²) in [5, 5.41) is 9.87. The summed E-state index contributed by atoms with van der Waals surface area (Å²) in [6.45, 7) is 9.61. The molecule has 2 rings (SSSR count). The molecule has 0 radical (unpaired) electrons. The van der Waals surface area contributed by atoms with Crippen molar-refractivity contribution in [2.24, 2.45) is 0 Å². The molecule has 1 saturated heterocycles. The van der Waals surface area contributed by atoms with E-state index in [4.69, 9.17) is 5.73 Å². The average Bonchev–Trinajstić information content (AvgIpc) is 2.84. The lowest BCUT2D eigenvalue weighted by atomic mass is 10.1. The first-order chi connectivity index (χ1) is 9.13. The highest BCUT2D eigenvalue weighted by Gasteiger charge is 2.26. The maximum absolute atomic E-state index is 9.87. The molecular formula is C15H25N3O. The van der Waals surface area contributed by atoms with Gasteiger partial charge in [-0.15, -0.1) is 0 Å². The average molecular weight is 263 g/mol. The van der Waals surface area contributed by atoms with Crippen LogP contribution in [0.2, 0.25) is 0 Å². The van der Waals surface area contributed by atoms with E-state index in [0.717, 1.165) is 38.3 Å². The van der Waals surface area contributed by atoms with E-state index in [1.54, 1.807) is 12.1 Å². The standard InChI is InChI=1S/C15H25N3O/c1-3-18(4-2)14-7-8-17(11-14)10-12-9-13(16)5-6-15(12)19/h5-6,9,14,19H,3-4,7-8,10-11,16H2,1-2H3. The molecule has 19 heavy (non-hydrogen) atoms. The Morgan fingerprint density at radius 2 is 2.11 bits per heavy atom. The van der Waals surface area contributed by atoms with E-state index in [1.807, 2.05) is 6.07 Å². The van der Waals surface area contributed by atoms with Crippen molar-refractivity contribution < 1.29 is 5.11 Å². The third-order valence-electron chi connectivity index (χ3n) is 4.07. The Kier molecular flexibility index (Phi) is 4.66. The van der Waals surface area contributed by atoms with Crippen molar-refractivity contribution >= 4 is 5.69 Å². The van der Waals surface area contributed by atoms with Gasteiger partial charge in [0.05, 0.1) is 0 Å². The second-order valence-corrected chi connectivity index (χ2v) is 5.29. The van der Waals surface area contributed by atoms with E-state index < -0.39 is 0 Å². The van der Waals surface area contributed by atoms with E-state index >= 15 is 0 Å². The van der Waals surface area contributed by atoms with Crippen LogP contribution in [0.15, 0.2) is 18.2 Å². The van der Waals surface area contributed by atoms with Gasteiger partial charge in [0.2, 0.25) is 0 Å². The van der Waals surface area contributed by atoms with Gasteiger partial charge < -0.3 is 10.8 Å². The lowest BCUT2D eigenvalue weighted by Gasteiger charge is -2.26. The van der Waals surface area contributed by atoms with Crippen LogP contribution in [0.5, 0.6) is 5.75 Å². The van der Waals surface area contributed by atoms with Crippen LogP contribution in [-0.4, -0.2) is 47.1 Å². The van der Waals surface area contributed by atoms with Crippen LogP contribution >= 0.6 is 0 Å². The number of nitrogen functional groups attached to an aromatic ring is 1. The smallest absolute Gasteiger partial charge is 0.120 e. The molecular weight excluding hydrogens is 238 g/mol. The Hall–Kier alpha value is -1.26. The van der Waals surface area contributed by atoms with E-state index in [2.05, 4.69) is 23.6 Å². The number of likely N-dealkylation sites (tertiary alicyclic amines) is 1. The fourth-order valence-electron chi connectivity index (χ4n) is 2.97. The zero-order chi connectivity index (χ0) is 13.8. The lowest BCUT2D eigenvalue weighted by Crippen LogP contribution is -2.37. The van der Waals surface area contributed by atoms with Crippen molar-refractivity contribution in [3.05, 3.63) is 23.8 Å². The van der Waals surface area contributed by atoms with Gasteiger partial charge in [-0.2, -0.15) is 0 Å². The number of phenols is 1. The zero-order valence-corrected chi connectivity index (χ0v) is 12.0. The van der Waals surface area contributed by atoms with Crippen LogP contribution in [0.4, 0.5) is 5.69 Å². The molecule has 1 atom stereocenters. The van der Waals surface area contributed by atoms with Gasteiger partial charge in [0.25, 0.3) is 0 Å². The van der Waals surface area contributed by atoms with Crippen molar-refractivity contribution in [3.8, 4) is 5.75 Å². The molecule has 1 aliphatic rings. The summed E-state index contributed by atoms with van der Waals surface area (Å²) in [7, 11) is 0. The molecule has 1 aromatic rings. The Balaban J connectivity index is 1.96. The van der Waals surface area contributed by atoms with Crippen molar-refractivity contribution in [2.75, 3.05) is 31.9 Å². The van der Waals surface area contributed by atoms with Gasteiger partial charge >= 0.3 is 0 Å². The van der Waals surface area contributed by atoms with E-state index in [1.165, 1.54) is 6.42 Å². The fourth-order valence-corrected chi connectivity index (χ4v) is 2.97. The van der Waals surface area contributed by atoms with Crippen LogP contribution in [0.25, 0.3) is 0 Å². The molecule has 1 fully saturated rings. The molecule has 1 aromatic carbocycles. The fraction of sp³-hybridized carbons (Fsp3) is 0.600. The normalized spacial score (nSPS) is 20.3. The van der Waals surface area contributed by atoms with Crippen LogP contribution < -0.4 is 5.73 Å². The SMILES string of the molecule is CCN(CC)C1CCN(Cc2cc(N)ccc2O)C1. The topological polar surface area (TPSA) is 52.7 Å². The van der Waals surface area contributed by atoms with E-state index in [-0.39, 0.29) is 0 Å². The molecule has 106 valence electrons. The van der Waals surface area contributed by atoms with Crippen molar-refractivity contribution in [2.45, 2.75) is 32.9 Å². The molecule has 0 saturated carbocycles. The number of hydrogen-bond donors (Lipinski definition) is 2. The quantitative estimate of drug-likeness (QED) is 0.629. The van der Waals surface area contributed by atoms with Crippen LogP contribution in [0.3, 0.4) is 0 Å². The number of rotatable bonds is 5. The van der Waals surface area contributed by atoms with Gasteiger partial charge in [-0.05, 0) is 37.7 Å². The number of anilines is 1. The van der Waals surface area contributed by atoms with E-state index in [9.17, 15) is 5.11 Å². The van der Waals surface area contributed by atoms with Gasteiger partial charge in [0.1, 0.15) is 5.75 Å². The molecule has 0 aromatic heterocycles. The summed E-state index contributed by atoms with van der Waals surface area (Å²) in [5.74, 6) is 0.348. The molecule has 0 spiro atoms. The number of phenolic OH excluding ortho intramolecular Hbond substituents is 1. The molecule has 4 nitrogen and oxygen atoms in total. The van der Waals surface area contributed by atoms with Gasteiger partial charge in [0, 0.05) is 36.9 Å². The summed E-state index contributed by atoms with van der Waals surface area (Å²) in [5.41, 5.74) is 7.43. The monoisotopic (exact) mass is 263 g/mol. The van der Waals surface area contributed by atoms with E-state index in [0.29, 0.717) is 17.5 Å². The first-order valence-electron chi connectivity index (χ1n) is 7.17. The molecule has 1 unspecified atom stereocenters. The van der Waals surface area contributed by atoms with Crippen molar-refractivity contribution in [1.29, 1.82) is 0 Å². The predicted molar refractivity (Wildman–Crippen MR) is 79.1 cm³/mol. The minimum Gasteiger partial charge on any atom is -0.508 e. The van der Waals surface area contributed by atoms with Gasteiger partial charge in [-0.1, -0.05) is 13.8 Å². The first-order valence-corrected chi connectivity index (χ1v) is 7.17. The summed E-state index contributed by atoms with van der Waals surface area (Å²) in [4.78, 5) is 4.91. The van der Waals surface area contributed by atoms with Gasteiger partial charge in [0.15, 0.2) is 0 Å². The Morgan fingerprint density at radius 3 is 2.79 bits per heavy atom. The molecule has 0 bridgehead atoms. The molecule has 1 aliphatic heterocycles. The van der Waals surface area contributed by atoms with Gasteiger partial charge in [-0.3, -0.25) is 9.80 Å². The van der Waals surface area contributed by atoms with Crippen molar-refractivity contribution in [1.82, 2.24) is 9.80 Å². The first kappa shape index (κ1) is 14.2. The zero-order valence-electron chi connectivity index (χ0n) is 12.0. The number of aromatic hydroxyl groups is 1. The number of nitrogens with two attached hydrogens (primary N) is 1. The Labute approximate surface area is 115 Å². The van der Waals surface area contributed by atoms with Gasteiger partial charge in [-0.25, -0.2) is 0 Å². The maximum atomic E-state index is 9.87. The summed E-state index contributed by atoms with van der Waals surface area (Å²) in [6, 6.07) is 5.95. The number of nitrogens with zero attached hydrogens (tertiary/aromatic N) is 2. The Morgan fingerprint density at radius 1 is 1.37 bits per heavy atom. The number of benzene rings is 1. The molecule has 1 heterocycles. The summed E-state index contributed by atoms with van der Waals surface area (Å²) < 4.78 is 0. The maximum Gasteiger partial charge on any atom is 0.120 e. The van der Waals surface area contributed by atoms with Crippen molar-refractivity contribution in [3.63, 3.8) is 0 Å². The van der Waals surface area contributed by atoms with Crippen LogP contribution in [0.1, 0.15) is 25.8 Å². The Bertz CT molecular complexity index is 418. The molecule has 0 amide bonds. The third-order valence-corrected chi connectivity index (χ3v) is 4.07. The molecule has 4 heteroatoms. The largest absolute Gasteiger partial charge is 0.508 e. The number of likely N-dealkylation sites (N-methyl/N-ethyl adjacent to an activating group) is 1. The molecule has 3 N–H and O–H groups in total. The number of hydrogen-bond acceptors (Lipinski definition) is 4. The highest BCUT2D eigenvalue weighted by atomic mass is 16.3. The highest BCUT2D eigenvalue weighted by Crippen LogP contribution is 2.24. The summed E-state index contributed by atoms with van der Waals surface area (Å²) >= 11 is 0. The van der Waals surface area contributed by atoms with Crippen LogP contribution in [0, 0.1) is 0 Å². The second kappa shape index (κ2) is 6.26. The highest BCUT2D eigenvalue weighted by molar-refractivity contribution is 5.47. The molecule has 0 aliphatic carbocycles. The minimum absolute atomic E-state index is 0.348. The van der Waals surface area contributed by atoms with Crippen LogP contribution in [-0.2, 0) is 6.54 Å². The third kappa shape index (κ3) is 3.39. The minimum atomic E-state index is 0.348. The summed E-state index contributed by atoms with van der Waals surface area (Å²) in [6.07, 6.45) is 1.21. The lowest BCUT2D eigenvalue weighted by molar-refractivity contribution is 0.208. The predicted octanol–water partition coefficient (Wildman–Crippen LogP) is 1.89. The second-order valence-electron chi connectivity index (χ2n) is 5.29.